The first kappa shape index (κ1) is 29.1. The molecule has 9 heteroatoms. The smallest absolute Gasteiger partial charge is 0.337 e. The van der Waals surface area contributed by atoms with Crippen LogP contribution in [0.5, 0.6) is 11.5 Å². The van der Waals surface area contributed by atoms with E-state index in [0.717, 1.165) is 22.7 Å². The molecule has 0 saturated heterocycles. The Kier molecular flexibility index (Phi) is 12.2. The quantitative estimate of drug-likeness (QED) is 0.155. The number of benzene rings is 3. The summed E-state index contributed by atoms with van der Waals surface area (Å²) in [4.78, 5) is 33.6. The number of carbonyl (C=O) groups excluding carboxylic acids is 3. The van der Waals surface area contributed by atoms with Gasteiger partial charge in [0.15, 0.2) is 11.5 Å². The molecule has 0 aromatic heterocycles. The standard InChI is InChI=1S/C18H17BrO5.C9H9BrO2/c1-3-23-16-9-13(10-20)8-15(19)17(16)24-11-12-5-4-6-14(7-12)18(21)22-2;1-12-9(11)8-4-2-3-7(5-8)6-10/h4-10H,3,11H2,1-2H3;2-5H,6H2,1H3. The van der Waals surface area contributed by atoms with E-state index in [4.69, 9.17) is 14.2 Å². The van der Waals surface area contributed by atoms with Crippen molar-refractivity contribution in [1.29, 1.82) is 0 Å². The lowest BCUT2D eigenvalue weighted by molar-refractivity contribution is 0.0591. The van der Waals surface area contributed by atoms with E-state index in [0.29, 0.717) is 39.3 Å². The Morgan fingerprint density at radius 3 is 1.97 bits per heavy atom. The summed E-state index contributed by atoms with van der Waals surface area (Å²) in [5.74, 6) is 0.296. The highest BCUT2D eigenvalue weighted by molar-refractivity contribution is 9.10. The summed E-state index contributed by atoms with van der Waals surface area (Å²) in [6, 6.07) is 17.6. The van der Waals surface area contributed by atoms with Gasteiger partial charge in [-0.2, -0.15) is 0 Å². The van der Waals surface area contributed by atoms with Gasteiger partial charge in [0.05, 0.1) is 36.4 Å². The maximum Gasteiger partial charge on any atom is 0.337 e. The van der Waals surface area contributed by atoms with Crippen LogP contribution in [0, 0.1) is 0 Å². The highest BCUT2D eigenvalue weighted by atomic mass is 79.9. The number of rotatable bonds is 9. The molecule has 36 heavy (non-hydrogen) atoms. The Hall–Kier alpha value is -3.17. The lowest BCUT2D eigenvalue weighted by Gasteiger charge is -2.14. The van der Waals surface area contributed by atoms with Gasteiger partial charge in [-0.05, 0) is 70.4 Å². The predicted molar refractivity (Wildman–Crippen MR) is 143 cm³/mol. The van der Waals surface area contributed by atoms with Crippen LogP contribution >= 0.6 is 31.9 Å². The van der Waals surface area contributed by atoms with Gasteiger partial charge in [0.1, 0.15) is 12.9 Å². The van der Waals surface area contributed by atoms with Crippen LogP contribution < -0.4 is 9.47 Å². The van der Waals surface area contributed by atoms with Gasteiger partial charge in [-0.1, -0.05) is 40.2 Å². The van der Waals surface area contributed by atoms with Gasteiger partial charge < -0.3 is 18.9 Å². The molecule has 3 aromatic rings. The molecule has 0 N–H and O–H groups in total. The van der Waals surface area contributed by atoms with Crippen molar-refractivity contribution in [3.63, 3.8) is 0 Å². The van der Waals surface area contributed by atoms with Gasteiger partial charge in [0, 0.05) is 10.9 Å². The van der Waals surface area contributed by atoms with Crippen LogP contribution in [0.15, 0.2) is 65.1 Å². The number of carbonyl (C=O) groups is 3. The summed E-state index contributed by atoms with van der Waals surface area (Å²) < 4.78 is 21.3. The Bertz CT molecular complexity index is 1190. The number of esters is 2. The predicted octanol–water partition coefficient (Wildman–Crippen LogP) is 6.39. The van der Waals surface area contributed by atoms with Crippen LogP contribution in [-0.2, 0) is 21.4 Å². The molecule has 0 heterocycles. The fraction of sp³-hybridized carbons (Fsp3) is 0.222. The van der Waals surface area contributed by atoms with E-state index < -0.39 is 5.97 Å². The third-order valence-electron chi connectivity index (χ3n) is 4.70. The molecule has 7 nitrogen and oxygen atoms in total. The maximum absolute atomic E-state index is 11.6. The van der Waals surface area contributed by atoms with Crippen molar-refractivity contribution >= 4 is 50.1 Å². The van der Waals surface area contributed by atoms with Gasteiger partial charge in [0.25, 0.3) is 0 Å². The maximum atomic E-state index is 11.6. The van der Waals surface area contributed by atoms with Crippen molar-refractivity contribution in [3.05, 3.63) is 93.0 Å². The number of halogens is 2. The molecule has 190 valence electrons. The molecule has 0 aliphatic heterocycles. The normalized spacial score (nSPS) is 9.92. The van der Waals surface area contributed by atoms with E-state index in [1.165, 1.54) is 14.2 Å². The van der Waals surface area contributed by atoms with E-state index in [9.17, 15) is 14.4 Å². The van der Waals surface area contributed by atoms with Gasteiger partial charge in [0.2, 0.25) is 0 Å². The molecule has 3 aromatic carbocycles. The number of alkyl halides is 1. The Labute approximate surface area is 227 Å². The number of hydrogen-bond donors (Lipinski definition) is 0. The molecule has 0 atom stereocenters. The summed E-state index contributed by atoms with van der Waals surface area (Å²) in [6.45, 7) is 2.54. The number of methoxy groups -OCH3 is 2. The zero-order valence-corrected chi connectivity index (χ0v) is 23.3. The van der Waals surface area contributed by atoms with Crippen LogP contribution in [0.1, 0.15) is 49.1 Å². The highest BCUT2D eigenvalue weighted by Crippen LogP contribution is 2.37. The van der Waals surface area contributed by atoms with Gasteiger partial charge in [-0.25, -0.2) is 9.59 Å². The summed E-state index contributed by atoms with van der Waals surface area (Å²) in [5.41, 5.74) is 3.42. The Balaban J connectivity index is 0.000000319. The molecule has 0 spiro atoms. The number of aldehydes is 1. The van der Waals surface area contributed by atoms with Crippen molar-refractivity contribution in [2.45, 2.75) is 18.9 Å². The fourth-order valence-corrected chi connectivity index (χ4v) is 3.94. The summed E-state index contributed by atoms with van der Waals surface area (Å²) in [6.07, 6.45) is 0.747. The average Bonchev–Trinajstić information content (AvgIpc) is 2.92. The van der Waals surface area contributed by atoms with Crippen molar-refractivity contribution in [1.82, 2.24) is 0 Å². The molecule has 0 saturated carbocycles. The summed E-state index contributed by atoms with van der Waals surface area (Å²) >= 11 is 6.70. The molecule has 0 fully saturated rings. The molecule has 0 aliphatic rings. The van der Waals surface area contributed by atoms with Crippen LogP contribution in [0.25, 0.3) is 0 Å². The van der Waals surface area contributed by atoms with Crippen LogP contribution in [0.4, 0.5) is 0 Å². The molecular formula is C27H26Br2O7. The first-order valence-corrected chi connectivity index (χ1v) is 12.7. The topological polar surface area (TPSA) is 88.1 Å². The minimum absolute atomic E-state index is 0.240. The minimum atomic E-state index is -0.400. The number of ether oxygens (including phenoxy) is 4. The molecule has 0 aliphatic carbocycles. The third-order valence-corrected chi connectivity index (χ3v) is 5.94. The van der Waals surface area contributed by atoms with Crippen molar-refractivity contribution in [2.75, 3.05) is 20.8 Å². The first-order valence-electron chi connectivity index (χ1n) is 10.8. The fourth-order valence-electron chi connectivity index (χ4n) is 3.02. The van der Waals surface area contributed by atoms with E-state index >= 15 is 0 Å². The second-order valence-electron chi connectivity index (χ2n) is 7.19. The minimum Gasteiger partial charge on any atom is -0.490 e. The largest absolute Gasteiger partial charge is 0.490 e. The van der Waals surface area contributed by atoms with E-state index in [1.54, 1.807) is 42.5 Å². The second kappa shape index (κ2) is 15.1. The molecular weight excluding hydrogens is 596 g/mol. The second-order valence-corrected chi connectivity index (χ2v) is 8.60. The molecule has 3 rings (SSSR count). The van der Waals surface area contributed by atoms with Crippen molar-refractivity contribution in [3.8, 4) is 11.5 Å². The van der Waals surface area contributed by atoms with Crippen molar-refractivity contribution < 1.29 is 33.3 Å². The molecule has 0 radical (unpaired) electrons. The zero-order chi connectivity index (χ0) is 26.5. The lowest BCUT2D eigenvalue weighted by Crippen LogP contribution is -2.04. The summed E-state index contributed by atoms with van der Waals surface area (Å²) in [5, 5.41) is 0.748. The molecule has 0 amide bonds. The lowest BCUT2D eigenvalue weighted by atomic mass is 10.1. The van der Waals surface area contributed by atoms with E-state index in [-0.39, 0.29) is 12.6 Å². The van der Waals surface area contributed by atoms with Gasteiger partial charge in [-0.3, -0.25) is 4.79 Å². The first-order chi connectivity index (χ1) is 17.4. The van der Waals surface area contributed by atoms with Crippen LogP contribution in [-0.4, -0.2) is 39.1 Å². The molecule has 0 unspecified atom stereocenters. The van der Waals surface area contributed by atoms with Crippen LogP contribution in [0.3, 0.4) is 0 Å². The van der Waals surface area contributed by atoms with Gasteiger partial charge in [-0.15, -0.1) is 0 Å². The van der Waals surface area contributed by atoms with E-state index in [2.05, 4.69) is 36.6 Å². The van der Waals surface area contributed by atoms with E-state index in [1.807, 2.05) is 25.1 Å². The zero-order valence-electron chi connectivity index (χ0n) is 20.1. The highest BCUT2D eigenvalue weighted by Gasteiger charge is 2.13. The number of hydrogen-bond acceptors (Lipinski definition) is 7. The van der Waals surface area contributed by atoms with Crippen LogP contribution in [0.2, 0.25) is 0 Å². The Morgan fingerprint density at radius 1 is 0.861 bits per heavy atom. The SMILES string of the molecule is CCOc1cc(C=O)cc(Br)c1OCc1cccc(C(=O)OC)c1.COC(=O)c1cccc(CBr)c1. The average molecular weight is 622 g/mol. The molecule has 0 bridgehead atoms. The van der Waals surface area contributed by atoms with Crippen molar-refractivity contribution in [2.24, 2.45) is 0 Å². The summed E-state index contributed by atoms with van der Waals surface area (Å²) in [7, 11) is 2.72. The Morgan fingerprint density at radius 2 is 1.44 bits per heavy atom. The third kappa shape index (κ3) is 8.49. The van der Waals surface area contributed by atoms with Gasteiger partial charge >= 0.3 is 11.9 Å². The monoisotopic (exact) mass is 620 g/mol.